The zero-order valence-electron chi connectivity index (χ0n) is 11.6. The van der Waals surface area contributed by atoms with Gasteiger partial charge < -0.3 is 0 Å². The predicted octanol–water partition coefficient (Wildman–Crippen LogP) is 4.94. The van der Waals surface area contributed by atoms with Crippen LogP contribution in [0, 0.1) is 19.3 Å². The summed E-state index contributed by atoms with van der Waals surface area (Å²) in [6.07, 6.45) is 6.02. The standard InChI is InChI=1S/C17H24/c1-6-17(7-2,16(5)10-11-16)15-9-8-13(3)12-14(15)4/h6,8-9,12H,1,7,10-11H2,2-5H3. The molecule has 0 saturated heterocycles. The average molecular weight is 228 g/mol. The largest absolute Gasteiger partial charge is 0.102 e. The molecule has 1 aliphatic rings. The summed E-state index contributed by atoms with van der Waals surface area (Å²) in [7, 11) is 0. The normalized spacial score (nSPS) is 20.7. The summed E-state index contributed by atoms with van der Waals surface area (Å²) in [6, 6.07) is 6.86. The molecule has 0 heterocycles. The van der Waals surface area contributed by atoms with E-state index in [-0.39, 0.29) is 5.41 Å². The molecule has 0 heteroatoms. The van der Waals surface area contributed by atoms with Gasteiger partial charge in [0.15, 0.2) is 0 Å². The maximum absolute atomic E-state index is 4.15. The third-order valence-electron chi connectivity index (χ3n) is 4.85. The van der Waals surface area contributed by atoms with E-state index in [1.54, 1.807) is 0 Å². The second-order valence-corrected chi connectivity index (χ2v) is 5.91. The van der Waals surface area contributed by atoms with E-state index in [0.29, 0.717) is 5.41 Å². The highest BCUT2D eigenvalue weighted by atomic mass is 14.6. The van der Waals surface area contributed by atoms with Gasteiger partial charge in [-0.2, -0.15) is 0 Å². The van der Waals surface area contributed by atoms with Crippen molar-refractivity contribution >= 4 is 0 Å². The van der Waals surface area contributed by atoms with Crippen molar-refractivity contribution in [3.8, 4) is 0 Å². The Labute approximate surface area is 106 Å². The molecule has 1 aliphatic carbocycles. The molecule has 0 radical (unpaired) electrons. The second-order valence-electron chi connectivity index (χ2n) is 5.91. The third kappa shape index (κ3) is 1.74. The summed E-state index contributed by atoms with van der Waals surface area (Å²) in [4.78, 5) is 0. The van der Waals surface area contributed by atoms with Gasteiger partial charge >= 0.3 is 0 Å². The van der Waals surface area contributed by atoms with Gasteiger partial charge in [0.05, 0.1) is 0 Å². The summed E-state index contributed by atoms with van der Waals surface area (Å²) in [5.41, 5.74) is 4.86. The van der Waals surface area contributed by atoms with Crippen molar-refractivity contribution in [2.75, 3.05) is 0 Å². The minimum absolute atomic E-state index is 0.171. The third-order valence-corrected chi connectivity index (χ3v) is 4.85. The summed E-state index contributed by atoms with van der Waals surface area (Å²) in [5, 5.41) is 0. The van der Waals surface area contributed by atoms with Crippen LogP contribution in [0.1, 0.15) is 49.8 Å². The Hall–Kier alpha value is -1.04. The van der Waals surface area contributed by atoms with Crippen LogP contribution in [0.15, 0.2) is 30.9 Å². The number of rotatable bonds is 4. The minimum atomic E-state index is 0.171. The Bertz CT molecular complexity index is 437. The predicted molar refractivity (Wildman–Crippen MR) is 75.4 cm³/mol. The summed E-state index contributed by atoms with van der Waals surface area (Å²) >= 11 is 0. The molecule has 1 aromatic rings. The van der Waals surface area contributed by atoms with Crippen LogP contribution in [0.4, 0.5) is 0 Å². The molecule has 0 bridgehead atoms. The van der Waals surface area contributed by atoms with Crippen LogP contribution in [-0.4, -0.2) is 0 Å². The lowest BCUT2D eigenvalue weighted by Gasteiger charge is -2.38. The van der Waals surface area contributed by atoms with Crippen LogP contribution in [-0.2, 0) is 5.41 Å². The van der Waals surface area contributed by atoms with E-state index in [4.69, 9.17) is 0 Å². The van der Waals surface area contributed by atoms with Gasteiger partial charge in [-0.1, -0.05) is 43.7 Å². The molecule has 1 saturated carbocycles. The van der Waals surface area contributed by atoms with E-state index in [1.165, 1.54) is 29.5 Å². The van der Waals surface area contributed by atoms with Gasteiger partial charge in [-0.3, -0.25) is 0 Å². The van der Waals surface area contributed by atoms with Crippen molar-refractivity contribution in [3.05, 3.63) is 47.5 Å². The van der Waals surface area contributed by atoms with Gasteiger partial charge in [0, 0.05) is 5.41 Å². The smallest absolute Gasteiger partial charge is 0.0183 e. The van der Waals surface area contributed by atoms with Crippen molar-refractivity contribution in [2.24, 2.45) is 5.41 Å². The van der Waals surface area contributed by atoms with Crippen LogP contribution in [0.2, 0.25) is 0 Å². The zero-order chi connectivity index (χ0) is 12.7. The Balaban J connectivity index is 2.57. The van der Waals surface area contributed by atoms with Crippen molar-refractivity contribution in [1.29, 1.82) is 0 Å². The lowest BCUT2D eigenvalue weighted by atomic mass is 9.65. The fourth-order valence-corrected chi connectivity index (χ4v) is 3.39. The molecule has 92 valence electrons. The molecule has 1 atom stereocenters. The van der Waals surface area contributed by atoms with Crippen molar-refractivity contribution < 1.29 is 0 Å². The highest BCUT2D eigenvalue weighted by Gasteiger charge is 2.54. The van der Waals surface area contributed by atoms with E-state index in [1.807, 2.05) is 0 Å². The minimum Gasteiger partial charge on any atom is -0.102 e. The lowest BCUT2D eigenvalue weighted by molar-refractivity contribution is 0.321. The molecule has 1 fully saturated rings. The average Bonchev–Trinajstić information content (AvgIpc) is 3.03. The Kier molecular flexibility index (Phi) is 2.93. The molecule has 0 nitrogen and oxygen atoms in total. The topological polar surface area (TPSA) is 0 Å². The van der Waals surface area contributed by atoms with Gasteiger partial charge in [-0.05, 0) is 49.7 Å². The van der Waals surface area contributed by atoms with E-state index in [0.717, 1.165) is 6.42 Å². The maximum Gasteiger partial charge on any atom is 0.0183 e. The van der Waals surface area contributed by atoms with E-state index < -0.39 is 0 Å². The number of benzene rings is 1. The van der Waals surface area contributed by atoms with Gasteiger partial charge in [-0.15, -0.1) is 6.58 Å². The highest BCUT2D eigenvalue weighted by Crippen LogP contribution is 2.61. The Morgan fingerprint density at radius 3 is 2.41 bits per heavy atom. The monoisotopic (exact) mass is 228 g/mol. The number of aryl methyl sites for hydroxylation is 2. The molecule has 0 amide bonds. The zero-order valence-corrected chi connectivity index (χ0v) is 11.6. The lowest BCUT2D eigenvalue weighted by Crippen LogP contribution is -2.33. The van der Waals surface area contributed by atoms with E-state index in [9.17, 15) is 0 Å². The van der Waals surface area contributed by atoms with E-state index in [2.05, 4.69) is 58.5 Å². The quantitative estimate of drug-likeness (QED) is 0.640. The molecular weight excluding hydrogens is 204 g/mol. The fourth-order valence-electron chi connectivity index (χ4n) is 3.39. The second kappa shape index (κ2) is 4.01. The molecule has 0 spiro atoms. The van der Waals surface area contributed by atoms with Crippen LogP contribution >= 0.6 is 0 Å². The maximum atomic E-state index is 4.15. The molecule has 1 unspecified atom stereocenters. The number of hydrogen-bond donors (Lipinski definition) is 0. The highest BCUT2D eigenvalue weighted by molar-refractivity contribution is 5.43. The first-order chi connectivity index (χ1) is 7.99. The fraction of sp³-hybridized carbons (Fsp3) is 0.529. The first-order valence-corrected chi connectivity index (χ1v) is 6.70. The summed E-state index contributed by atoms with van der Waals surface area (Å²) < 4.78 is 0. The summed E-state index contributed by atoms with van der Waals surface area (Å²) in [6.45, 7) is 13.3. The van der Waals surface area contributed by atoms with Crippen LogP contribution in [0.3, 0.4) is 0 Å². The molecule has 1 aromatic carbocycles. The molecular formula is C17H24. The number of hydrogen-bond acceptors (Lipinski definition) is 0. The molecule has 17 heavy (non-hydrogen) atoms. The van der Waals surface area contributed by atoms with Gasteiger partial charge in [0.25, 0.3) is 0 Å². The number of allylic oxidation sites excluding steroid dienone is 1. The first-order valence-electron chi connectivity index (χ1n) is 6.70. The van der Waals surface area contributed by atoms with Crippen molar-refractivity contribution in [2.45, 2.75) is 52.4 Å². The molecule has 0 aromatic heterocycles. The van der Waals surface area contributed by atoms with Gasteiger partial charge in [0.2, 0.25) is 0 Å². The van der Waals surface area contributed by atoms with Crippen LogP contribution in [0.25, 0.3) is 0 Å². The van der Waals surface area contributed by atoms with Crippen molar-refractivity contribution in [1.82, 2.24) is 0 Å². The molecule has 2 rings (SSSR count). The van der Waals surface area contributed by atoms with Gasteiger partial charge in [0.1, 0.15) is 0 Å². The first kappa shape index (κ1) is 12.4. The molecule has 0 N–H and O–H groups in total. The Morgan fingerprint density at radius 1 is 1.35 bits per heavy atom. The summed E-state index contributed by atoms with van der Waals surface area (Å²) in [5.74, 6) is 0. The molecule has 0 aliphatic heterocycles. The van der Waals surface area contributed by atoms with Gasteiger partial charge in [-0.25, -0.2) is 0 Å². The SMILES string of the molecule is C=CC(CC)(c1ccc(C)cc1C)C1(C)CC1. The van der Waals surface area contributed by atoms with Crippen LogP contribution in [0.5, 0.6) is 0 Å². The Morgan fingerprint density at radius 2 is 2.00 bits per heavy atom. The van der Waals surface area contributed by atoms with Crippen LogP contribution < -0.4 is 0 Å². The van der Waals surface area contributed by atoms with E-state index >= 15 is 0 Å². The van der Waals surface area contributed by atoms with Crippen molar-refractivity contribution in [3.63, 3.8) is 0 Å².